The first-order valence-corrected chi connectivity index (χ1v) is 11.4. The lowest BCUT2D eigenvalue weighted by Gasteiger charge is -2.10. The second-order valence-corrected chi connectivity index (χ2v) is 9.22. The van der Waals surface area contributed by atoms with Crippen LogP contribution in [0.25, 0.3) is 21.0 Å². The number of hydrogen-bond donors (Lipinski definition) is 2. The van der Waals surface area contributed by atoms with Gasteiger partial charge in [0.2, 0.25) is 0 Å². The number of fused-ring (bicyclic) bond motifs is 2. The molecule has 0 fully saturated rings. The summed E-state index contributed by atoms with van der Waals surface area (Å²) in [4.78, 5) is 17.2. The van der Waals surface area contributed by atoms with E-state index in [4.69, 9.17) is 0 Å². The minimum absolute atomic E-state index is 0.153. The summed E-state index contributed by atoms with van der Waals surface area (Å²) in [7, 11) is 0. The molecule has 0 aliphatic carbocycles. The Labute approximate surface area is 182 Å². The van der Waals surface area contributed by atoms with Gasteiger partial charge in [0, 0.05) is 18.2 Å². The van der Waals surface area contributed by atoms with Crippen molar-refractivity contribution >= 4 is 56.2 Å². The normalized spacial score (nSPS) is 12.6. The maximum absolute atomic E-state index is 12.6. The number of benzene rings is 3. The van der Waals surface area contributed by atoms with E-state index in [1.165, 1.54) is 11.8 Å². The van der Waals surface area contributed by atoms with Gasteiger partial charge in [-0.05, 0) is 35.4 Å². The fourth-order valence-electron chi connectivity index (χ4n) is 3.20. The lowest BCUT2D eigenvalue weighted by Crippen LogP contribution is -2.28. The molecule has 0 saturated carbocycles. The Morgan fingerprint density at radius 1 is 1.20 bits per heavy atom. The van der Waals surface area contributed by atoms with Crippen LogP contribution in [0.15, 0.2) is 70.1 Å². The quantitative estimate of drug-likeness (QED) is 0.232. The number of hydrogen-bond acceptors (Lipinski definition) is 6. The van der Waals surface area contributed by atoms with E-state index in [0.717, 1.165) is 30.9 Å². The van der Waals surface area contributed by atoms with Crippen LogP contribution in [0.3, 0.4) is 0 Å². The number of para-hydroxylation sites is 1. The van der Waals surface area contributed by atoms with Crippen molar-refractivity contribution in [1.29, 1.82) is 0 Å². The van der Waals surface area contributed by atoms with Gasteiger partial charge < -0.3 is 5.11 Å². The first kappa shape index (κ1) is 20.4. The van der Waals surface area contributed by atoms with E-state index in [2.05, 4.69) is 15.5 Å². The first-order valence-electron chi connectivity index (χ1n) is 9.69. The first-order chi connectivity index (χ1) is 14.7. The Morgan fingerprint density at radius 2 is 2.00 bits per heavy atom. The molecule has 152 valence electrons. The summed E-state index contributed by atoms with van der Waals surface area (Å²) in [6.07, 6.45) is 2.72. The molecule has 30 heavy (non-hydrogen) atoms. The van der Waals surface area contributed by atoms with Crippen LogP contribution in [0, 0.1) is 0 Å². The smallest absolute Gasteiger partial charge is 0.253 e. The molecule has 0 aliphatic rings. The Morgan fingerprint density at radius 3 is 2.83 bits per heavy atom. The molecule has 0 aliphatic heterocycles. The summed E-state index contributed by atoms with van der Waals surface area (Å²) in [6, 6.07) is 19.4. The van der Waals surface area contributed by atoms with Crippen LogP contribution in [-0.4, -0.2) is 27.5 Å². The van der Waals surface area contributed by atoms with Gasteiger partial charge in [-0.15, -0.1) is 11.3 Å². The number of carbonyl (C=O) groups is 1. The zero-order valence-electron chi connectivity index (χ0n) is 16.4. The summed E-state index contributed by atoms with van der Waals surface area (Å²) in [6.45, 7) is 1.97. The van der Waals surface area contributed by atoms with Crippen molar-refractivity contribution in [3.63, 3.8) is 0 Å². The average Bonchev–Trinajstić information content (AvgIpc) is 3.18. The summed E-state index contributed by atoms with van der Waals surface area (Å²) in [5, 5.41) is 16.1. The molecule has 1 unspecified atom stereocenters. The standard InChI is InChI=1S/C23H21N3O2S2/c1-2-20(29-23-25-18-9-5-6-10-21(18)30-23)22(28)26-24-14-13-17-16-8-4-3-7-15(16)11-12-19(17)27/h3-12,14,20,27H,2,13H2,1H3,(H,26,28)/b24-14+. The number of rotatable bonds is 7. The van der Waals surface area contributed by atoms with E-state index in [0.29, 0.717) is 12.8 Å². The molecule has 1 aromatic heterocycles. The van der Waals surface area contributed by atoms with Crippen molar-refractivity contribution in [3.8, 4) is 5.75 Å². The monoisotopic (exact) mass is 435 g/mol. The van der Waals surface area contributed by atoms with Crippen LogP contribution in [0.1, 0.15) is 18.9 Å². The van der Waals surface area contributed by atoms with Crippen LogP contribution >= 0.6 is 23.1 Å². The number of aromatic nitrogens is 1. The molecule has 5 nitrogen and oxygen atoms in total. The molecule has 3 aromatic carbocycles. The third kappa shape index (κ3) is 4.47. The minimum Gasteiger partial charge on any atom is -0.508 e. The number of amides is 1. The Bertz CT molecular complexity index is 1190. The summed E-state index contributed by atoms with van der Waals surface area (Å²) >= 11 is 3.06. The molecule has 4 aromatic rings. The second-order valence-electron chi connectivity index (χ2n) is 6.74. The molecule has 7 heteroatoms. The number of nitrogens with zero attached hydrogens (tertiary/aromatic N) is 2. The van der Waals surface area contributed by atoms with Crippen LogP contribution in [0.4, 0.5) is 0 Å². The molecular weight excluding hydrogens is 414 g/mol. The van der Waals surface area contributed by atoms with E-state index in [1.807, 2.05) is 61.5 Å². The average molecular weight is 436 g/mol. The van der Waals surface area contributed by atoms with E-state index < -0.39 is 0 Å². The number of thiazole rings is 1. The SMILES string of the molecule is CCC(Sc1nc2ccccc2s1)C(=O)N/N=C/Cc1c(O)ccc2ccccc12. The number of phenols is 1. The van der Waals surface area contributed by atoms with Gasteiger partial charge in [-0.3, -0.25) is 4.79 Å². The molecule has 0 spiro atoms. The second kappa shape index (κ2) is 9.28. The summed E-state index contributed by atoms with van der Waals surface area (Å²) in [5.74, 6) is 0.0736. The molecular formula is C23H21N3O2S2. The lowest BCUT2D eigenvalue weighted by atomic mass is 10.0. The molecule has 0 radical (unpaired) electrons. The van der Waals surface area contributed by atoms with Crippen molar-refractivity contribution in [1.82, 2.24) is 10.4 Å². The van der Waals surface area contributed by atoms with Crippen LogP contribution in [0.2, 0.25) is 0 Å². The van der Waals surface area contributed by atoms with Gasteiger partial charge in [0.25, 0.3) is 5.91 Å². The number of hydrazone groups is 1. The van der Waals surface area contributed by atoms with Crippen LogP contribution < -0.4 is 5.43 Å². The maximum Gasteiger partial charge on any atom is 0.253 e. The van der Waals surface area contributed by atoms with Crippen molar-refractivity contribution in [3.05, 3.63) is 66.2 Å². The minimum atomic E-state index is -0.270. The number of thioether (sulfide) groups is 1. The largest absolute Gasteiger partial charge is 0.508 e. The maximum atomic E-state index is 12.6. The van der Waals surface area contributed by atoms with Crippen molar-refractivity contribution in [2.24, 2.45) is 5.10 Å². The van der Waals surface area contributed by atoms with Gasteiger partial charge in [0.1, 0.15) is 5.75 Å². The number of phenolic OH excluding ortho intramolecular Hbond substituents is 1. The number of aromatic hydroxyl groups is 1. The molecule has 0 saturated heterocycles. The molecule has 0 bridgehead atoms. The highest BCUT2D eigenvalue weighted by Gasteiger charge is 2.19. The van der Waals surface area contributed by atoms with Gasteiger partial charge in [-0.2, -0.15) is 5.10 Å². The van der Waals surface area contributed by atoms with Crippen molar-refractivity contribution in [2.45, 2.75) is 29.4 Å². The molecule has 4 rings (SSSR count). The highest BCUT2D eigenvalue weighted by atomic mass is 32.2. The topological polar surface area (TPSA) is 74.6 Å². The van der Waals surface area contributed by atoms with Gasteiger partial charge in [-0.1, -0.05) is 61.2 Å². The lowest BCUT2D eigenvalue weighted by molar-refractivity contribution is -0.120. The Kier molecular flexibility index (Phi) is 6.30. The zero-order chi connectivity index (χ0) is 20.9. The summed E-state index contributed by atoms with van der Waals surface area (Å²) < 4.78 is 1.99. The van der Waals surface area contributed by atoms with Crippen molar-refractivity contribution < 1.29 is 9.90 Å². The highest BCUT2D eigenvalue weighted by molar-refractivity contribution is 8.02. The fourth-order valence-corrected chi connectivity index (χ4v) is 5.43. The molecule has 1 atom stereocenters. The predicted molar refractivity (Wildman–Crippen MR) is 126 cm³/mol. The van der Waals surface area contributed by atoms with E-state index in [-0.39, 0.29) is 16.9 Å². The third-order valence-electron chi connectivity index (χ3n) is 4.76. The summed E-state index contributed by atoms with van der Waals surface area (Å²) in [5.41, 5.74) is 4.38. The van der Waals surface area contributed by atoms with Gasteiger partial charge in [0.05, 0.1) is 15.5 Å². The Hall–Kier alpha value is -2.90. The fraction of sp³-hybridized carbons (Fsp3) is 0.174. The van der Waals surface area contributed by atoms with Gasteiger partial charge in [0.15, 0.2) is 4.34 Å². The molecule has 2 N–H and O–H groups in total. The number of nitrogens with one attached hydrogen (secondary N) is 1. The van der Waals surface area contributed by atoms with Crippen molar-refractivity contribution in [2.75, 3.05) is 0 Å². The van der Waals surface area contributed by atoms with E-state index in [1.54, 1.807) is 23.6 Å². The molecule has 1 amide bonds. The highest BCUT2D eigenvalue weighted by Crippen LogP contribution is 2.33. The predicted octanol–water partition coefficient (Wildman–Crippen LogP) is 5.37. The van der Waals surface area contributed by atoms with E-state index in [9.17, 15) is 9.90 Å². The molecule has 1 heterocycles. The number of carbonyl (C=O) groups excluding carboxylic acids is 1. The Balaban J connectivity index is 1.39. The van der Waals surface area contributed by atoms with Gasteiger partial charge >= 0.3 is 0 Å². The van der Waals surface area contributed by atoms with Gasteiger partial charge in [-0.25, -0.2) is 10.4 Å². The van der Waals surface area contributed by atoms with Crippen LogP contribution in [-0.2, 0) is 11.2 Å². The van der Waals surface area contributed by atoms with Crippen LogP contribution in [0.5, 0.6) is 5.75 Å². The zero-order valence-corrected chi connectivity index (χ0v) is 18.0. The third-order valence-corrected chi connectivity index (χ3v) is 7.25. The van der Waals surface area contributed by atoms with E-state index >= 15 is 0 Å².